The summed E-state index contributed by atoms with van der Waals surface area (Å²) in [7, 11) is 1.65. The number of ether oxygens (including phenoxy) is 1. The molecule has 128 valence electrons. The predicted octanol–water partition coefficient (Wildman–Crippen LogP) is 5.77. The topological polar surface area (TPSA) is 42.4 Å². The maximum atomic E-state index is 11.0. The van der Waals surface area contributed by atoms with E-state index >= 15 is 0 Å². The van der Waals surface area contributed by atoms with Gasteiger partial charge < -0.3 is 9.84 Å². The molecule has 0 fully saturated rings. The van der Waals surface area contributed by atoms with Crippen molar-refractivity contribution in [1.29, 1.82) is 0 Å². The van der Waals surface area contributed by atoms with E-state index in [1.807, 2.05) is 60.7 Å². The van der Waals surface area contributed by atoms with Crippen LogP contribution in [0.1, 0.15) is 0 Å². The third-order valence-corrected chi connectivity index (χ3v) is 5.32. The van der Waals surface area contributed by atoms with Crippen LogP contribution in [-0.2, 0) is 0 Å². The fraction of sp³-hybridized carbons (Fsp3) is 0.0455. The molecule has 1 N–H and O–H groups in total. The van der Waals surface area contributed by atoms with Crippen molar-refractivity contribution in [2.45, 2.75) is 9.79 Å². The summed E-state index contributed by atoms with van der Waals surface area (Å²) < 4.78 is 5.32. The lowest BCUT2D eigenvalue weighted by atomic mass is 10.0. The molecule has 0 aliphatic heterocycles. The van der Waals surface area contributed by atoms with Crippen LogP contribution in [0.15, 0.2) is 88.9 Å². The standard InChI is InChI=1S/C22H17NO2S/c1-25-17-8-4-9-18(13-17)26-22-19-10-3-2-6-15(19)12-20(21(22)24)16-7-5-11-23-14-16/h2-14,24H,1H3. The van der Waals surface area contributed by atoms with Gasteiger partial charge in [-0.05, 0) is 41.1 Å². The number of hydrogen-bond acceptors (Lipinski definition) is 4. The lowest BCUT2D eigenvalue weighted by Crippen LogP contribution is -1.87. The molecule has 0 spiro atoms. The summed E-state index contributed by atoms with van der Waals surface area (Å²) in [6.45, 7) is 0. The van der Waals surface area contributed by atoms with Crippen molar-refractivity contribution in [2.24, 2.45) is 0 Å². The molecule has 0 aliphatic carbocycles. The summed E-state index contributed by atoms with van der Waals surface area (Å²) in [5, 5.41) is 13.1. The van der Waals surface area contributed by atoms with E-state index in [0.29, 0.717) is 0 Å². The van der Waals surface area contributed by atoms with E-state index in [-0.39, 0.29) is 5.75 Å². The van der Waals surface area contributed by atoms with Gasteiger partial charge in [0, 0.05) is 28.4 Å². The molecule has 0 saturated heterocycles. The van der Waals surface area contributed by atoms with Gasteiger partial charge in [-0.15, -0.1) is 0 Å². The van der Waals surface area contributed by atoms with Gasteiger partial charge in [-0.1, -0.05) is 48.2 Å². The van der Waals surface area contributed by atoms with Gasteiger partial charge in [0.15, 0.2) is 0 Å². The number of fused-ring (bicyclic) bond motifs is 1. The monoisotopic (exact) mass is 359 g/mol. The minimum absolute atomic E-state index is 0.268. The Morgan fingerprint density at radius 3 is 2.65 bits per heavy atom. The van der Waals surface area contributed by atoms with E-state index in [4.69, 9.17) is 4.74 Å². The van der Waals surface area contributed by atoms with Gasteiger partial charge in [0.2, 0.25) is 0 Å². The molecule has 0 atom stereocenters. The Morgan fingerprint density at radius 2 is 1.85 bits per heavy atom. The molecule has 0 saturated carbocycles. The number of pyridine rings is 1. The summed E-state index contributed by atoms with van der Waals surface area (Å²) in [4.78, 5) is 6.02. The predicted molar refractivity (Wildman–Crippen MR) is 106 cm³/mol. The molecular formula is C22H17NO2S. The normalized spacial score (nSPS) is 10.8. The highest BCUT2D eigenvalue weighted by Crippen LogP contribution is 2.45. The molecule has 1 aromatic heterocycles. The number of aromatic hydroxyl groups is 1. The molecule has 3 nitrogen and oxygen atoms in total. The minimum atomic E-state index is 0.268. The Hall–Kier alpha value is -2.98. The second-order valence-corrected chi connectivity index (χ2v) is 6.93. The van der Waals surface area contributed by atoms with Gasteiger partial charge in [-0.2, -0.15) is 0 Å². The maximum absolute atomic E-state index is 11.0. The number of benzene rings is 3. The van der Waals surface area contributed by atoms with Crippen molar-refractivity contribution in [2.75, 3.05) is 7.11 Å². The van der Waals surface area contributed by atoms with Crippen LogP contribution >= 0.6 is 11.8 Å². The second kappa shape index (κ2) is 7.10. The first-order chi connectivity index (χ1) is 12.8. The van der Waals surface area contributed by atoms with Crippen molar-refractivity contribution < 1.29 is 9.84 Å². The zero-order chi connectivity index (χ0) is 17.9. The smallest absolute Gasteiger partial charge is 0.138 e. The summed E-state index contributed by atoms with van der Waals surface area (Å²) in [6.07, 6.45) is 3.50. The molecule has 1 heterocycles. The van der Waals surface area contributed by atoms with Crippen LogP contribution in [0.25, 0.3) is 21.9 Å². The molecular weight excluding hydrogens is 342 g/mol. The van der Waals surface area contributed by atoms with Gasteiger partial charge in [0.1, 0.15) is 11.5 Å². The van der Waals surface area contributed by atoms with E-state index < -0.39 is 0 Å². The van der Waals surface area contributed by atoms with Crippen LogP contribution in [0, 0.1) is 0 Å². The van der Waals surface area contributed by atoms with Crippen LogP contribution in [0.2, 0.25) is 0 Å². The summed E-state index contributed by atoms with van der Waals surface area (Å²) in [5.41, 5.74) is 1.67. The van der Waals surface area contributed by atoms with E-state index in [0.717, 1.165) is 37.4 Å². The van der Waals surface area contributed by atoms with E-state index in [1.54, 1.807) is 19.5 Å². The van der Waals surface area contributed by atoms with Crippen LogP contribution in [-0.4, -0.2) is 17.2 Å². The lowest BCUT2D eigenvalue weighted by molar-refractivity contribution is 0.413. The number of phenolic OH excluding ortho intramolecular Hbond substituents is 1. The third kappa shape index (κ3) is 3.11. The van der Waals surface area contributed by atoms with Gasteiger partial charge in [-0.25, -0.2) is 0 Å². The highest BCUT2D eigenvalue weighted by atomic mass is 32.2. The Bertz CT molecular complexity index is 1060. The highest BCUT2D eigenvalue weighted by molar-refractivity contribution is 7.99. The maximum Gasteiger partial charge on any atom is 0.138 e. The number of methoxy groups -OCH3 is 1. The molecule has 3 aromatic carbocycles. The molecule has 26 heavy (non-hydrogen) atoms. The molecule has 0 unspecified atom stereocenters. The summed E-state index contributed by atoms with van der Waals surface area (Å²) in [6, 6.07) is 21.8. The molecule has 0 bridgehead atoms. The quantitative estimate of drug-likeness (QED) is 0.502. The molecule has 4 aromatic rings. The largest absolute Gasteiger partial charge is 0.506 e. The van der Waals surface area contributed by atoms with Crippen LogP contribution in [0.4, 0.5) is 0 Å². The Labute approximate surface area is 156 Å². The third-order valence-electron chi connectivity index (χ3n) is 4.21. The first-order valence-electron chi connectivity index (χ1n) is 8.23. The summed E-state index contributed by atoms with van der Waals surface area (Å²) >= 11 is 1.53. The van der Waals surface area contributed by atoms with Gasteiger partial charge in [0.05, 0.1) is 12.0 Å². The number of rotatable bonds is 4. The minimum Gasteiger partial charge on any atom is -0.506 e. The van der Waals surface area contributed by atoms with Crippen molar-refractivity contribution in [3.63, 3.8) is 0 Å². The molecule has 4 rings (SSSR count). The Morgan fingerprint density at radius 1 is 0.962 bits per heavy atom. The van der Waals surface area contributed by atoms with E-state index in [1.165, 1.54) is 11.8 Å². The number of phenols is 1. The van der Waals surface area contributed by atoms with E-state index in [2.05, 4.69) is 11.1 Å². The van der Waals surface area contributed by atoms with Crippen LogP contribution < -0.4 is 4.74 Å². The highest BCUT2D eigenvalue weighted by Gasteiger charge is 2.15. The fourth-order valence-corrected chi connectivity index (χ4v) is 3.99. The van der Waals surface area contributed by atoms with Crippen molar-refractivity contribution >= 4 is 22.5 Å². The summed E-state index contributed by atoms with van der Waals surface area (Å²) in [5.74, 6) is 1.06. The molecule has 4 heteroatoms. The fourth-order valence-electron chi connectivity index (χ4n) is 2.93. The molecule has 0 aliphatic rings. The molecule has 0 radical (unpaired) electrons. The van der Waals surface area contributed by atoms with Gasteiger partial charge in [0.25, 0.3) is 0 Å². The van der Waals surface area contributed by atoms with Crippen molar-refractivity contribution in [3.8, 4) is 22.6 Å². The second-order valence-electron chi connectivity index (χ2n) is 5.85. The van der Waals surface area contributed by atoms with Crippen molar-refractivity contribution in [3.05, 3.63) is 79.1 Å². The van der Waals surface area contributed by atoms with Gasteiger partial charge in [-0.3, -0.25) is 4.98 Å². The van der Waals surface area contributed by atoms with Crippen LogP contribution in [0.5, 0.6) is 11.5 Å². The molecule has 0 amide bonds. The zero-order valence-corrected chi connectivity index (χ0v) is 15.0. The number of nitrogens with zero attached hydrogens (tertiary/aromatic N) is 1. The van der Waals surface area contributed by atoms with E-state index in [9.17, 15) is 5.11 Å². The zero-order valence-electron chi connectivity index (χ0n) is 14.2. The number of hydrogen-bond donors (Lipinski definition) is 1. The lowest BCUT2D eigenvalue weighted by Gasteiger charge is -2.14. The van der Waals surface area contributed by atoms with Crippen molar-refractivity contribution in [1.82, 2.24) is 4.98 Å². The van der Waals surface area contributed by atoms with Crippen LogP contribution in [0.3, 0.4) is 0 Å². The van der Waals surface area contributed by atoms with Gasteiger partial charge >= 0.3 is 0 Å². The first-order valence-corrected chi connectivity index (χ1v) is 9.05. The number of aromatic nitrogens is 1. The Balaban J connectivity index is 1.90. The average molecular weight is 359 g/mol. The SMILES string of the molecule is COc1cccc(Sc2c(O)c(-c3cccnc3)cc3ccccc23)c1. The average Bonchev–Trinajstić information content (AvgIpc) is 2.70. The first kappa shape index (κ1) is 16.5. The Kier molecular flexibility index (Phi) is 4.50.